The molecule has 0 amide bonds. The van der Waals surface area contributed by atoms with Crippen molar-refractivity contribution < 1.29 is 4.79 Å². The van der Waals surface area contributed by atoms with Crippen LogP contribution in [0.5, 0.6) is 0 Å². The molecule has 0 aliphatic heterocycles. The highest BCUT2D eigenvalue weighted by atomic mass is 79.9. The fraction of sp³-hybridized carbons (Fsp3) is 0.357. The first kappa shape index (κ1) is 13.0. The largest absolute Gasteiger partial charge is 0.300 e. The van der Waals surface area contributed by atoms with E-state index in [0.29, 0.717) is 6.42 Å². The molecule has 0 aliphatic rings. The minimum Gasteiger partial charge on any atom is -0.300 e. The Hall–Kier alpha value is -1.07. The number of hydrogen-bond acceptors (Lipinski definition) is 1. The van der Waals surface area contributed by atoms with Crippen molar-refractivity contribution in [3.8, 4) is 10.8 Å². The number of aryl methyl sites for hydroxylation is 1. The molecule has 0 N–H and O–H groups in total. The van der Waals surface area contributed by atoms with Crippen LogP contribution in [0.1, 0.15) is 30.9 Å². The fourth-order valence-electron chi connectivity index (χ4n) is 1.63. The average Bonchev–Trinajstić information content (AvgIpc) is 2.27. The second-order valence-corrected chi connectivity index (χ2v) is 4.17. The minimum absolute atomic E-state index is 0.262. The van der Waals surface area contributed by atoms with Gasteiger partial charge in [0.2, 0.25) is 0 Å². The smallest absolute Gasteiger partial charge is 0.129 e. The molecule has 0 unspecified atom stereocenters. The number of ketones is 1. The molecule has 1 nitrogen and oxygen atoms in total. The summed E-state index contributed by atoms with van der Waals surface area (Å²) in [7, 11) is 0. The van der Waals surface area contributed by atoms with Crippen LogP contribution in [-0.2, 0) is 17.6 Å². The summed E-state index contributed by atoms with van der Waals surface area (Å²) < 4.78 is 0. The van der Waals surface area contributed by atoms with Crippen LogP contribution in [0, 0.1) is 10.8 Å². The van der Waals surface area contributed by atoms with Gasteiger partial charge in [0.25, 0.3) is 0 Å². The molecule has 0 bridgehead atoms. The predicted molar refractivity (Wildman–Crippen MR) is 70.5 cm³/mol. The lowest BCUT2D eigenvalue weighted by atomic mass is 9.99. The molecule has 0 heterocycles. The maximum atomic E-state index is 10.9. The maximum absolute atomic E-state index is 10.9. The Labute approximate surface area is 105 Å². The van der Waals surface area contributed by atoms with E-state index in [9.17, 15) is 4.79 Å². The van der Waals surface area contributed by atoms with E-state index in [1.54, 1.807) is 6.92 Å². The summed E-state index contributed by atoms with van der Waals surface area (Å²) in [6.45, 7) is 1.64. The number of rotatable bonds is 5. The van der Waals surface area contributed by atoms with Crippen molar-refractivity contribution in [1.29, 1.82) is 0 Å². The molecule has 16 heavy (non-hydrogen) atoms. The summed E-state index contributed by atoms with van der Waals surface area (Å²) in [5.74, 6) is 3.27. The first-order valence-corrected chi connectivity index (χ1v) is 6.18. The van der Waals surface area contributed by atoms with Crippen LogP contribution in [0.2, 0.25) is 0 Å². The van der Waals surface area contributed by atoms with Crippen molar-refractivity contribution >= 4 is 21.7 Å². The van der Waals surface area contributed by atoms with Gasteiger partial charge >= 0.3 is 0 Å². The summed E-state index contributed by atoms with van der Waals surface area (Å²) in [6.07, 6.45) is 3.31. The van der Waals surface area contributed by atoms with Gasteiger partial charge in [-0.05, 0) is 35.7 Å². The first-order chi connectivity index (χ1) is 7.74. The standard InChI is InChI=1S/C14H15BrO/c1-12(16)6-4-9-13-7-2-3-8-14(13)10-5-11-15/h2-3,7-8H,4,6,9-10H2,1H3. The van der Waals surface area contributed by atoms with Crippen molar-refractivity contribution in [2.45, 2.75) is 32.6 Å². The quantitative estimate of drug-likeness (QED) is 0.754. The van der Waals surface area contributed by atoms with E-state index in [0.717, 1.165) is 19.3 Å². The molecule has 0 fully saturated rings. The average molecular weight is 279 g/mol. The SMILES string of the molecule is CC(=O)CCCc1ccccc1CC#CBr. The van der Waals surface area contributed by atoms with E-state index in [2.05, 4.69) is 38.8 Å². The Kier molecular flexibility index (Phi) is 5.88. The van der Waals surface area contributed by atoms with Crippen molar-refractivity contribution in [1.82, 2.24) is 0 Å². The second kappa shape index (κ2) is 7.24. The van der Waals surface area contributed by atoms with Gasteiger partial charge in [-0.2, -0.15) is 0 Å². The molecular weight excluding hydrogens is 264 g/mol. The van der Waals surface area contributed by atoms with Gasteiger partial charge in [0.15, 0.2) is 0 Å². The molecule has 0 saturated carbocycles. The molecule has 84 valence electrons. The lowest BCUT2D eigenvalue weighted by Crippen LogP contribution is -1.96. The summed E-state index contributed by atoms with van der Waals surface area (Å²) in [5.41, 5.74) is 2.57. The second-order valence-electron chi connectivity index (χ2n) is 3.77. The van der Waals surface area contributed by atoms with Crippen LogP contribution >= 0.6 is 15.9 Å². The zero-order valence-corrected chi connectivity index (χ0v) is 11.0. The Morgan fingerprint density at radius 3 is 2.62 bits per heavy atom. The first-order valence-electron chi connectivity index (χ1n) is 5.38. The third-order valence-corrected chi connectivity index (χ3v) is 2.72. The van der Waals surface area contributed by atoms with Crippen LogP contribution in [0.3, 0.4) is 0 Å². The van der Waals surface area contributed by atoms with Crippen LogP contribution < -0.4 is 0 Å². The lowest BCUT2D eigenvalue weighted by Gasteiger charge is -2.05. The van der Waals surface area contributed by atoms with Crippen molar-refractivity contribution in [3.05, 3.63) is 35.4 Å². The summed E-state index contributed by atoms with van der Waals surface area (Å²) in [5, 5.41) is 0. The molecule has 1 aromatic carbocycles. The number of benzene rings is 1. The molecule has 0 spiro atoms. The Morgan fingerprint density at radius 2 is 2.00 bits per heavy atom. The normalized spacial score (nSPS) is 9.38. The van der Waals surface area contributed by atoms with Gasteiger partial charge in [0, 0.05) is 28.8 Å². The monoisotopic (exact) mass is 278 g/mol. The van der Waals surface area contributed by atoms with Gasteiger partial charge in [-0.3, -0.25) is 0 Å². The molecular formula is C14H15BrO. The predicted octanol–water partition coefficient (Wildman–Crippen LogP) is 3.50. The van der Waals surface area contributed by atoms with E-state index < -0.39 is 0 Å². The van der Waals surface area contributed by atoms with Crippen molar-refractivity contribution in [3.63, 3.8) is 0 Å². The van der Waals surface area contributed by atoms with Crippen molar-refractivity contribution in [2.75, 3.05) is 0 Å². The number of carbonyl (C=O) groups is 1. The van der Waals surface area contributed by atoms with E-state index in [1.165, 1.54) is 11.1 Å². The zero-order valence-electron chi connectivity index (χ0n) is 9.42. The maximum Gasteiger partial charge on any atom is 0.129 e. The molecule has 2 heteroatoms. The number of hydrogen-bond donors (Lipinski definition) is 0. The number of halogens is 1. The van der Waals surface area contributed by atoms with Gasteiger partial charge < -0.3 is 4.79 Å². The van der Waals surface area contributed by atoms with E-state index >= 15 is 0 Å². The topological polar surface area (TPSA) is 17.1 Å². The zero-order chi connectivity index (χ0) is 11.8. The minimum atomic E-state index is 0.262. The van der Waals surface area contributed by atoms with Crippen LogP contribution in [0.15, 0.2) is 24.3 Å². The highest BCUT2D eigenvalue weighted by molar-refractivity contribution is 9.12. The highest BCUT2D eigenvalue weighted by Gasteiger charge is 2.01. The Morgan fingerprint density at radius 1 is 1.31 bits per heavy atom. The summed E-state index contributed by atoms with van der Waals surface area (Å²) in [4.78, 5) is 13.6. The third-order valence-electron chi connectivity index (χ3n) is 2.44. The molecule has 1 rings (SSSR count). The van der Waals surface area contributed by atoms with Gasteiger partial charge in [-0.1, -0.05) is 30.2 Å². The molecule has 0 aromatic heterocycles. The molecule has 0 radical (unpaired) electrons. The Balaban J connectivity index is 2.62. The lowest BCUT2D eigenvalue weighted by molar-refractivity contribution is -0.117. The molecule has 0 atom stereocenters. The fourth-order valence-corrected chi connectivity index (χ4v) is 1.77. The summed E-state index contributed by atoms with van der Waals surface area (Å²) >= 11 is 3.10. The Bertz CT molecular complexity index is 412. The van der Waals surface area contributed by atoms with E-state index in [4.69, 9.17) is 0 Å². The van der Waals surface area contributed by atoms with Gasteiger partial charge in [-0.25, -0.2) is 0 Å². The summed E-state index contributed by atoms with van der Waals surface area (Å²) in [6, 6.07) is 8.28. The third kappa shape index (κ3) is 4.63. The van der Waals surface area contributed by atoms with Gasteiger partial charge in [0.05, 0.1) is 0 Å². The molecule has 0 saturated heterocycles. The highest BCUT2D eigenvalue weighted by Crippen LogP contribution is 2.12. The van der Waals surface area contributed by atoms with Crippen LogP contribution in [0.4, 0.5) is 0 Å². The number of Topliss-reactive ketones (excluding diaryl/α,β-unsaturated/α-hetero) is 1. The van der Waals surface area contributed by atoms with E-state index in [1.807, 2.05) is 12.1 Å². The van der Waals surface area contributed by atoms with E-state index in [-0.39, 0.29) is 5.78 Å². The van der Waals surface area contributed by atoms with Gasteiger partial charge in [0.1, 0.15) is 5.78 Å². The van der Waals surface area contributed by atoms with Crippen LogP contribution in [-0.4, -0.2) is 5.78 Å². The molecule has 1 aromatic rings. The van der Waals surface area contributed by atoms with Crippen molar-refractivity contribution in [2.24, 2.45) is 0 Å². The molecule has 0 aliphatic carbocycles. The van der Waals surface area contributed by atoms with Gasteiger partial charge in [-0.15, -0.1) is 0 Å². The number of carbonyl (C=O) groups excluding carboxylic acids is 1. The van der Waals surface area contributed by atoms with Crippen LogP contribution in [0.25, 0.3) is 0 Å².